The molecule has 0 aromatic heterocycles. The molecule has 0 saturated heterocycles. The minimum atomic E-state index is -0.202. The van der Waals surface area contributed by atoms with Crippen LogP contribution in [0.25, 0.3) is 0 Å². The molecule has 0 aliphatic rings. The molecule has 0 aliphatic carbocycles. The van der Waals surface area contributed by atoms with Crippen molar-refractivity contribution in [2.45, 2.75) is 32.7 Å². The van der Waals surface area contributed by atoms with Crippen molar-refractivity contribution >= 4 is 17.3 Å². The van der Waals surface area contributed by atoms with E-state index in [1.807, 2.05) is 31.2 Å². The maximum absolute atomic E-state index is 13.2. The number of benzene rings is 2. The first-order valence-corrected chi connectivity index (χ1v) is 7.26. The fourth-order valence-corrected chi connectivity index (χ4v) is 2.41. The molecule has 2 aromatic rings. The number of rotatable bonds is 5. The van der Waals surface area contributed by atoms with E-state index in [0.29, 0.717) is 0 Å². The minimum Gasteiger partial charge on any atom is -0.378 e. The smallest absolute Gasteiger partial charge is 0.123 e. The van der Waals surface area contributed by atoms with Crippen LogP contribution in [0.3, 0.4) is 0 Å². The van der Waals surface area contributed by atoms with E-state index in [9.17, 15) is 4.39 Å². The third-order valence-electron chi connectivity index (χ3n) is 3.37. The van der Waals surface area contributed by atoms with E-state index in [-0.39, 0.29) is 11.9 Å². The van der Waals surface area contributed by atoms with Gasteiger partial charge in [-0.2, -0.15) is 0 Å². The van der Waals surface area contributed by atoms with Crippen molar-refractivity contribution in [3.63, 3.8) is 0 Å². The molecule has 0 aliphatic heterocycles. The summed E-state index contributed by atoms with van der Waals surface area (Å²) in [5, 5.41) is 4.24. The van der Waals surface area contributed by atoms with Crippen molar-refractivity contribution in [2.24, 2.45) is 0 Å². The molecular formula is C17H19ClFN. The fourth-order valence-electron chi connectivity index (χ4n) is 2.28. The molecule has 0 fully saturated rings. The van der Waals surface area contributed by atoms with Crippen molar-refractivity contribution in [1.82, 2.24) is 0 Å². The Balaban J connectivity index is 2.22. The molecule has 0 heterocycles. The normalized spacial score (nSPS) is 12.2. The molecule has 1 N–H and O–H groups in total. The molecule has 3 heteroatoms. The molecule has 20 heavy (non-hydrogen) atoms. The molecule has 0 amide bonds. The standard InChI is InChI=1S/C17H19ClFN/c1-3-4-17(13-5-7-14(18)8-6-13)20-16-10-9-15(19)11-12(16)2/h5-11,17,20H,3-4H2,1-2H3. The van der Waals surface area contributed by atoms with E-state index in [1.54, 1.807) is 12.1 Å². The van der Waals surface area contributed by atoms with Gasteiger partial charge in [-0.15, -0.1) is 0 Å². The van der Waals surface area contributed by atoms with Gasteiger partial charge in [-0.3, -0.25) is 0 Å². The highest BCUT2D eigenvalue weighted by molar-refractivity contribution is 6.30. The van der Waals surface area contributed by atoms with Crippen LogP contribution in [0.4, 0.5) is 10.1 Å². The molecule has 0 bridgehead atoms. The summed E-state index contributed by atoms with van der Waals surface area (Å²) < 4.78 is 13.2. The molecule has 2 aromatic carbocycles. The minimum absolute atomic E-state index is 0.202. The average molecular weight is 292 g/mol. The van der Waals surface area contributed by atoms with E-state index in [0.717, 1.165) is 29.1 Å². The van der Waals surface area contributed by atoms with Gasteiger partial charge in [0.1, 0.15) is 5.82 Å². The Labute approximate surface area is 124 Å². The Morgan fingerprint density at radius 3 is 2.45 bits per heavy atom. The first kappa shape index (κ1) is 14.9. The topological polar surface area (TPSA) is 12.0 Å². The van der Waals surface area contributed by atoms with E-state index < -0.39 is 0 Å². The molecule has 0 saturated carbocycles. The molecule has 2 rings (SSSR count). The number of hydrogen-bond donors (Lipinski definition) is 1. The van der Waals surface area contributed by atoms with Crippen LogP contribution in [0.15, 0.2) is 42.5 Å². The number of anilines is 1. The Morgan fingerprint density at radius 2 is 1.85 bits per heavy atom. The Morgan fingerprint density at radius 1 is 1.15 bits per heavy atom. The Kier molecular flexibility index (Phi) is 5.02. The number of aryl methyl sites for hydroxylation is 1. The van der Waals surface area contributed by atoms with Gasteiger partial charge in [0, 0.05) is 10.7 Å². The van der Waals surface area contributed by atoms with E-state index in [4.69, 9.17) is 11.6 Å². The lowest BCUT2D eigenvalue weighted by molar-refractivity contribution is 0.626. The van der Waals surface area contributed by atoms with Crippen molar-refractivity contribution in [3.8, 4) is 0 Å². The lowest BCUT2D eigenvalue weighted by atomic mass is 10.0. The highest BCUT2D eigenvalue weighted by Crippen LogP contribution is 2.27. The molecule has 0 spiro atoms. The van der Waals surface area contributed by atoms with Crippen molar-refractivity contribution in [3.05, 3.63) is 64.4 Å². The van der Waals surface area contributed by atoms with E-state index >= 15 is 0 Å². The predicted molar refractivity (Wildman–Crippen MR) is 83.9 cm³/mol. The first-order valence-electron chi connectivity index (χ1n) is 6.88. The van der Waals surface area contributed by atoms with Crippen LogP contribution >= 0.6 is 11.6 Å². The summed E-state index contributed by atoms with van der Waals surface area (Å²) in [5.74, 6) is -0.202. The van der Waals surface area contributed by atoms with Crippen LogP contribution in [0.2, 0.25) is 5.02 Å². The van der Waals surface area contributed by atoms with Gasteiger partial charge in [0.2, 0.25) is 0 Å². The van der Waals surface area contributed by atoms with Gasteiger partial charge in [0.15, 0.2) is 0 Å². The number of halogens is 2. The first-order chi connectivity index (χ1) is 9.60. The molecule has 1 unspecified atom stereocenters. The fraction of sp³-hybridized carbons (Fsp3) is 0.294. The lowest BCUT2D eigenvalue weighted by Gasteiger charge is -2.21. The third kappa shape index (κ3) is 3.73. The predicted octanol–water partition coefficient (Wildman–Crippen LogP) is 5.74. The second kappa shape index (κ2) is 6.76. The van der Waals surface area contributed by atoms with Crippen LogP contribution in [0.1, 0.15) is 36.9 Å². The summed E-state index contributed by atoms with van der Waals surface area (Å²) in [6.45, 7) is 4.07. The van der Waals surface area contributed by atoms with Crippen LogP contribution in [-0.4, -0.2) is 0 Å². The SMILES string of the molecule is CCCC(Nc1ccc(F)cc1C)c1ccc(Cl)cc1. The van der Waals surface area contributed by atoms with Gasteiger partial charge in [0.25, 0.3) is 0 Å². The summed E-state index contributed by atoms with van der Waals surface area (Å²) in [6, 6.07) is 12.9. The number of hydrogen-bond acceptors (Lipinski definition) is 1. The number of nitrogens with one attached hydrogen (secondary N) is 1. The zero-order valence-corrected chi connectivity index (χ0v) is 12.5. The van der Waals surface area contributed by atoms with Gasteiger partial charge in [-0.25, -0.2) is 4.39 Å². The van der Waals surface area contributed by atoms with Crippen LogP contribution < -0.4 is 5.32 Å². The Hall–Kier alpha value is -1.54. The van der Waals surface area contributed by atoms with Gasteiger partial charge in [-0.05, 0) is 54.8 Å². The average Bonchev–Trinajstić information content (AvgIpc) is 2.42. The molecule has 1 atom stereocenters. The van der Waals surface area contributed by atoms with Crippen molar-refractivity contribution in [1.29, 1.82) is 0 Å². The molecule has 1 nitrogen and oxygen atoms in total. The third-order valence-corrected chi connectivity index (χ3v) is 3.62. The van der Waals surface area contributed by atoms with Crippen molar-refractivity contribution in [2.75, 3.05) is 5.32 Å². The van der Waals surface area contributed by atoms with Gasteiger partial charge < -0.3 is 5.32 Å². The highest BCUT2D eigenvalue weighted by Gasteiger charge is 2.11. The maximum atomic E-state index is 13.2. The maximum Gasteiger partial charge on any atom is 0.123 e. The summed E-state index contributed by atoms with van der Waals surface area (Å²) >= 11 is 5.93. The molecular weight excluding hydrogens is 273 g/mol. The summed E-state index contributed by atoms with van der Waals surface area (Å²) in [5.41, 5.74) is 3.08. The largest absolute Gasteiger partial charge is 0.378 e. The van der Waals surface area contributed by atoms with Gasteiger partial charge in [-0.1, -0.05) is 37.1 Å². The van der Waals surface area contributed by atoms with Crippen LogP contribution in [0, 0.1) is 12.7 Å². The van der Waals surface area contributed by atoms with Crippen LogP contribution in [-0.2, 0) is 0 Å². The van der Waals surface area contributed by atoms with Gasteiger partial charge >= 0.3 is 0 Å². The summed E-state index contributed by atoms with van der Waals surface area (Å²) in [4.78, 5) is 0. The second-order valence-electron chi connectivity index (χ2n) is 5.00. The zero-order valence-electron chi connectivity index (χ0n) is 11.8. The van der Waals surface area contributed by atoms with Crippen molar-refractivity contribution < 1.29 is 4.39 Å². The zero-order chi connectivity index (χ0) is 14.5. The lowest BCUT2D eigenvalue weighted by Crippen LogP contribution is -2.11. The molecule has 106 valence electrons. The van der Waals surface area contributed by atoms with Crippen LogP contribution in [0.5, 0.6) is 0 Å². The van der Waals surface area contributed by atoms with E-state index in [1.165, 1.54) is 11.6 Å². The second-order valence-corrected chi connectivity index (χ2v) is 5.43. The monoisotopic (exact) mass is 291 g/mol. The Bertz CT molecular complexity index is 566. The summed E-state index contributed by atoms with van der Waals surface area (Å²) in [7, 11) is 0. The van der Waals surface area contributed by atoms with Gasteiger partial charge in [0.05, 0.1) is 6.04 Å². The quantitative estimate of drug-likeness (QED) is 0.740. The highest BCUT2D eigenvalue weighted by atomic mass is 35.5. The van der Waals surface area contributed by atoms with E-state index in [2.05, 4.69) is 12.2 Å². The molecule has 0 radical (unpaired) electrons. The summed E-state index contributed by atoms with van der Waals surface area (Å²) in [6.07, 6.45) is 2.08.